The Labute approximate surface area is 318 Å². The van der Waals surface area contributed by atoms with Gasteiger partial charge >= 0.3 is 0 Å². The van der Waals surface area contributed by atoms with E-state index in [-0.39, 0.29) is 5.41 Å². The standard InChI is InChI=1S/C53H42O/c1-3-13-38(14-4-1)52(39-15-5-2-6-16-39)47-21-11-12-22-50(47)54-51-26-24-37(33-49(51)52)43-18-8-7-17-42(43)36-23-25-45-44-19-9-10-20-46(44)53(48(45)32-36)40-28-34-27-35(30-40)31-41(53)29-34/h1-26,32-35,40-41H,27-31H2. The first kappa shape index (κ1) is 30.8. The summed E-state index contributed by atoms with van der Waals surface area (Å²) in [7, 11) is 0. The lowest BCUT2D eigenvalue weighted by atomic mass is 9.43. The van der Waals surface area contributed by atoms with Gasteiger partial charge in [-0.05, 0) is 136 Å². The van der Waals surface area contributed by atoms with Crippen molar-refractivity contribution in [1.82, 2.24) is 0 Å². The van der Waals surface area contributed by atoms with Gasteiger partial charge in [0.05, 0.1) is 5.41 Å². The summed E-state index contributed by atoms with van der Waals surface area (Å²) >= 11 is 0. The Bertz CT molecular complexity index is 2530. The lowest BCUT2D eigenvalue weighted by Crippen LogP contribution is -2.55. The summed E-state index contributed by atoms with van der Waals surface area (Å²) in [4.78, 5) is 0. The molecule has 5 aliphatic carbocycles. The predicted octanol–water partition coefficient (Wildman–Crippen LogP) is 13.2. The Balaban J connectivity index is 1.05. The summed E-state index contributed by atoms with van der Waals surface area (Å²) in [5.41, 5.74) is 15.6. The van der Waals surface area contributed by atoms with Crippen LogP contribution in [0.25, 0.3) is 33.4 Å². The SMILES string of the molecule is c1ccc(C2(c3ccccc3)c3ccccc3Oc3ccc(-c4ccccc4-c4ccc5c(c4)C4(c6ccccc6-5)C5CC6CC(C5)CC4C6)cc32)cc1. The molecule has 0 aromatic heterocycles. The third kappa shape index (κ3) is 4.05. The fourth-order valence-electron chi connectivity index (χ4n) is 12.7. The molecule has 1 spiro atoms. The molecule has 4 saturated carbocycles. The van der Waals surface area contributed by atoms with Gasteiger partial charge in [-0.3, -0.25) is 0 Å². The number of rotatable bonds is 4. The van der Waals surface area contributed by atoms with E-state index in [1.807, 2.05) is 0 Å². The Morgan fingerprint density at radius 2 is 0.852 bits per heavy atom. The molecule has 1 nitrogen and oxygen atoms in total. The van der Waals surface area contributed by atoms with Gasteiger partial charge in [-0.1, -0.05) is 146 Å². The van der Waals surface area contributed by atoms with Crippen molar-refractivity contribution in [3.8, 4) is 44.9 Å². The Hall–Kier alpha value is -5.66. The zero-order valence-electron chi connectivity index (χ0n) is 30.4. The normalized spacial score (nSPS) is 24.7. The van der Waals surface area contributed by atoms with E-state index in [1.165, 1.54) is 87.7 Å². The van der Waals surface area contributed by atoms with Gasteiger partial charge < -0.3 is 4.74 Å². The minimum absolute atomic E-state index is 0.145. The van der Waals surface area contributed by atoms with Crippen molar-refractivity contribution in [3.05, 3.63) is 203 Å². The summed E-state index contributed by atoms with van der Waals surface area (Å²) in [6, 6.07) is 63.5. The molecule has 0 saturated heterocycles. The minimum atomic E-state index is -0.553. The quantitative estimate of drug-likeness (QED) is 0.178. The highest BCUT2D eigenvalue weighted by molar-refractivity contribution is 5.89. The molecular formula is C53H42O. The summed E-state index contributed by atoms with van der Waals surface area (Å²) < 4.78 is 6.77. The van der Waals surface area contributed by atoms with Crippen LogP contribution in [-0.2, 0) is 10.8 Å². The van der Waals surface area contributed by atoms with Gasteiger partial charge in [0.2, 0.25) is 0 Å². The average Bonchev–Trinajstić information content (AvgIpc) is 3.52. The van der Waals surface area contributed by atoms with E-state index in [4.69, 9.17) is 4.74 Å². The van der Waals surface area contributed by atoms with Crippen LogP contribution in [-0.4, -0.2) is 0 Å². The molecule has 7 aromatic rings. The van der Waals surface area contributed by atoms with Crippen LogP contribution in [0.5, 0.6) is 11.5 Å². The molecule has 13 rings (SSSR count). The molecule has 0 unspecified atom stereocenters. The summed E-state index contributed by atoms with van der Waals surface area (Å²) in [6.45, 7) is 0. The molecule has 260 valence electrons. The number of hydrogen-bond donors (Lipinski definition) is 0. The number of fused-ring (bicyclic) bond motifs is 5. The van der Waals surface area contributed by atoms with Crippen LogP contribution in [0.2, 0.25) is 0 Å². The largest absolute Gasteiger partial charge is 0.457 e. The molecule has 4 bridgehead atoms. The van der Waals surface area contributed by atoms with Crippen LogP contribution < -0.4 is 4.74 Å². The van der Waals surface area contributed by atoms with Gasteiger partial charge in [0.15, 0.2) is 0 Å². The Morgan fingerprint density at radius 3 is 1.50 bits per heavy atom. The molecule has 0 atom stereocenters. The smallest absolute Gasteiger partial charge is 0.132 e. The van der Waals surface area contributed by atoms with Crippen molar-refractivity contribution in [2.75, 3.05) is 0 Å². The van der Waals surface area contributed by atoms with Gasteiger partial charge in [-0.25, -0.2) is 0 Å². The van der Waals surface area contributed by atoms with Crippen LogP contribution in [0.4, 0.5) is 0 Å². The van der Waals surface area contributed by atoms with Gasteiger partial charge in [0.1, 0.15) is 11.5 Å². The zero-order chi connectivity index (χ0) is 35.4. The number of ether oxygens (including phenoxy) is 1. The van der Waals surface area contributed by atoms with Crippen molar-refractivity contribution in [3.63, 3.8) is 0 Å². The first-order chi connectivity index (χ1) is 26.7. The van der Waals surface area contributed by atoms with E-state index in [0.717, 1.165) is 35.2 Å². The lowest BCUT2D eigenvalue weighted by molar-refractivity contribution is -0.0399. The van der Waals surface area contributed by atoms with Crippen LogP contribution in [0.1, 0.15) is 65.5 Å². The van der Waals surface area contributed by atoms with E-state index < -0.39 is 5.41 Å². The van der Waals surface area contributed by atoms with Gasteiger partial charge in [-0.15, -0.1) is 0 Å². The van der Waals surface area contributed by atoms with Crippen molar-refractivity contribution in [1.29, 1.82) is 0 Å². The second-order valence-corrected chi connectivity index (χ2v) is 16.8. The zero-order valence-corrected chi connectivity index (χ0v) is 30.4. The second kappa shape index (κ2) is 11.4. The molecule has 7 aromatic carbocycles. The van der Waals surface area contributed by atoms with Crippen LogP contribution in [0.3, 0.4) is 0 Å². The van der Waals surface area contributed by atoms with Crippen molar-refractivity contribution >= 4 is 0 Å². The highest BCUT2D eigenvalue weighted by atomic mass is 16.5. The maximum absolute atomic E-state index is 6.77. The number of hydrogen-bond acceptors (Lipinski definition) is 1. The third-order valence-electron chi connectivity index (χ3n) is 14.4. The summed E-state index contributed by atoms with van der Waals surface area (Å²) in [5.74, 6) is 5.16. The average molecular weight is 695 g/mol. The van der Waals surface area contributed by atoms with Crippen molar-refractivity contribution < 1.29 is 4.74 Å². The fourth-order valence-corrected chi connectivity index (χ4v) is 12.7. The summed E-state index contributed by atoms with van der Waals surface area (Å²) in [6.07, 6.45) is 7.05. The number of benzene rings is 7. The van der Waals surface area contributed by atoms with Crippen LogP contribution in [0.15, 0.2) is 170 Å². The Morgan fingerprint density at radius 1 is 0.370 bits per heavy atom. The first-order valence-corrected chi connectivity index (χ1v) is 20.1. The molecule has 4 fully saturated rings. The first-order valence-electron chi connectivity index (χ1n) is 20.1. The van der Waals surface area contributed by atoms with E-state index >= 15 is 0 Å². The molecule has 0 radical (unpaired) electrons. The molecule has 1 heteroatoms. The number of para-hydroxylation sites is 1. The van der Waals surface area contributed by atoms with Gasteiger partial charge in [-0.2, -0.15) is 0 Å². The molecule has 0 amide bonds. The van der Waals surface area contributed by atoms with E-state index in [1.54, 1.807) is 11.1 Å². The fraction of sp³-hybridized carbons (Fsp3) is 0.208. The molecule has 0 N–H and O–H groups in total. The lowest BCUT2D eigenvalue weighted by Gasteiger charge is -2.61. The van der Waals surface area contributed by atoms with E-state index in [9.17, 15) is 0 Å². The molecular weight excluding hydrogens is 653 g/mol. The van der Waals surface area contributed by atoms with E-state index in [0.29, 0.717) is 0 Å². The molecule has 54 heavy (non-hydrogen) atoms. The second-order valence-electron chi connectivity index (χ2n) is 16.8. The molecule has 6 aliphatic rings. The Kier molecular flexibility index (Phi) is 6.51. The highest BCUT2D eigenvalue weighted by Crippen LogP contribution is 2.69. The van der Waals surface area contributed by atoms with Crippen molar-refractivity contribution in [2.45, 2.75) is 42.9 Å². The third-order valence-corrected chi connectivity index (χ3v) is 14.4. The molecule has 1 aliphatic heterocycles. The molecule has 1 heterocycles. The monoisotopic (exact) mass is 694 g/mol. The van der Waals surface area contributed by atoms with Crippen LogP contribution >= 0.6 is 0 Å². The van der Waals surface area contributed by atoms with E-state index in [2.05, 4.69) is 170 Å². The van der Waals surface area contributed by atoms with Crippen molar-refractivity contribution in [2.24, 2.45) is 23.7 Å². The van der Waals surface area contributed by atoms with Crippen LogP contribution in [0, 0.1) is 23.7 Å². The highest BCUT2D eigenvalue weighted by Gasteiger charge is 2.61. The van der Waals surface area contributed by atoms with Gasteiger partial charge in [0, 0.05) is 16.5 Å². The predicted molar refractivity (Wildman–Crippen MR) is 219 cm³/mol. The topological polar surface area (TPSA) is 9.23 Å². The van der Waals surface area contributed by atoms with Gasteiger partial charge in [0.25, 0.3) is 0 Å². The summed E-state index contributed by atoms with van der Waals surface area (Å²) in [5, 5.41) is 0. The minimum Gasteiger partial charge on any atom is -0.457 e. The maximum atomic E-state index is 6.77. The maximum Gasteiger partial charge on any atom is 0.132 e.